The van der Waals surface area contributed by atoms with Crippen LogP contribution in [0.5, 0.6) is 0 Å². The van der Waals surface area contributed by atoms with Gasteiger partial charge in [0, 0.05) is 16.5 Å². The van der Waals surface area contributed by atoms with Crippen molar-refractivity contribution in [1.29, 1.82) is 0 Å². The SMILES string of the molecule is CCC(C(=O)Nc1cc(C)cc(C)c1)n1c(N)nnc1SCc1ccccc1Cl. The standard InChI is InChI=1S/C21H24ClN5OS/c1-4-18(19(28)24-16-10-13(2)9-14(3)11-16)27-20(23)25-26-21(27)29-12-15-7-5-6-8-17(15)22/h5-11,18H,4,12H2,1-3H3,(H2,23,25)(H,24,28). The van der Waals surface area contributed by atoms with Crippen LogP contribution in [0.25, 0.3) is 0 Å². The van der Waals surface area contributed by atoms with Crippen molar-refractivity contribution in [2.45, 2.75) is 44.1 Å². The number of carbonyl (C=O) groups is 1. The maximum absolute atomic E-state index is 13.0. The molecule has 1 heterocycles. The third kappa shape index (κ3) is 5.10. The van der Waals surface area contributed by atoms with Gasteiger partial charge >= 0.3 is 0 Å². The number of nitrogens with one attached hydrogen (secondary N) is 1. The molecule has 0 bridgehead atoms. The van der Waals surface area contributed by atoms with Crippen molar-refractivity contribution < 1.29 is 4.79 Å². The van der Waals surface area contributed by atoms with Gasteiger partial charge in [-0.3, -0.25) is 9.36 Å². The number of hydrogen-bond donors (Lipinski definition) is 2. The molecule has 8 heteroatoms. The van der Waals surface area contributed by atoms with Crippen LogP contribution in [0.15, 0.2) is 47.6 Å². The Balaban J connectivity index is 1.81. The molecule has 3 rings (SSSR count). The summed E-state index contributed by atoms with van der Waals surface area (Å²) in [6.45, 7) is 5.94. The molecular weight excluding hydrogens is 406 g/mol. The maximum Gasteiger partial charge on any atom is 0.247 e. The summed E-state index contributed by atoms with van der Waals surface area (Å²) < 4.78 is 1.69. The monoisotopic (exact) mass is 429 g/mol. The van der Waals surface area contributed by atoms with Crippen LogP contribution in [-0.2, 0) is 10.5 Å². The molecule has 0 radical (unpaired) electrons. The van der Waals surface area contributed by atoms with Crippen LogP contribution in [0, 0.1) is 13.8 Å². The number of anilines is 2. The Morgan fingerprint density at radius 1 is 1.21 bits per heavy atom. The van der Waals surface area contributed by atoms with Crippen LogP contribution >= 0.6 is 23.4 Å². The van der Waals surface area contributed by atoms with Gasteiger partial charge in [0.05, 0.1) is 0 Å². The molecule has 6 nitrogen and oxygen atoms in total. The highest BCUT2D eigenvalue weighted by molar-refractivity contribution is 7.98. The van der Waals surface area contributed by atoms with Gasteiger partial charge in [-0.25, -0.2) is 0 Å². The van der Waals surface area contributed by atoms with Crippen molar-refractivity contribution in [1.82, 2.24) is 14.8 Å². The van der Waals surface area contributed by atoms with E-state index in [1.165, 1.54) is 11.8 Å². The molecule has 0 saturated carbocycles. The lowest BCUT2D eigenvalue weighted by molar-refractivity contribution is -0.119. The Bertz CT molecular complexity index is 1000. The van der Waals surface area contributed by atoms with Gasteiger partial charge in [0.2, 0.25) is 11.9 Å². The van der Waals surface area contributed by atoms with E-state index in [1.807, 2.05) is 57.2 Å². The summed E-state index contributed by atoms with van der Waals surface area (Å²) in [6, 6.07) is 13.1. The van der Waals surface area contributed by atoms with Crippen molar-refractivity contribution >= 4 is 40.9 Å². The fourth-order valence-electron chi connectivity index (χ4n) is 3.20. The lowest BCUT2D eigenvalue weighted by Crippen LogP contribution is -2.27. The maximum atomic E-state index is 13.0. The summed E-state index contributed by atoms with van der Waals surface area (Å²) in [5, 5.41) is 12.4. The molecule has 152 valence electrons. The van der Waals surface area contributed by atoms with Crippen molar-refractivity contribution in [2.75, 3.05) is 11.1 Å². The van der Waals surface area contributed by atoms with Crippen molar-refractivity contribution in [3.05, 3.63) is 64.2 Å². The van der Waals surface area contributed by atoms with Crippen LogP contribution < -0.4 is 11.1 Å². The van der Waals surface area contributed by atoms with Gasteiger partial charge in [0.15, 0.2) is 5.16 Å². The topological polar surface area (TPSA) is 85.8 Å². The predicted molar refractivity (Wildman–Crippen MR) is 119 cm³/mol. The van der Waals surface area contributed by atoms with E-state index >= 15 is 0 Å². The summed E-state index contributed by atoms with van der Waals surface area (Å²) in [6.07, 6.45) is 0.554. The van der Waals surface area contributed by atoms with Crippen LogP contribution in [0.1, 0.15) is 36.1 Å². The number of nitrogens with two attached hydrogens (primary N) is 1. The zero-order chi connectivity index (χ0) is 21.0. The second-order valence-electron chi connectivity index (χ2n) is 6.88. The highest BCUT2D eigenvalue weighted by Gasteiger charge is 2.25. The molecule has 0 aliphatic rings. The molecule has 0 spiro atoms. The molecule has 2 aromatic carbocycles. The van der Waals surface area contributed by atoms with E-state index in [-0.39, 0.29) is 11.9 Å². The molecule has 0 aliphatic heterocycles. The van der Waals surface area contributed by atoms with Crippen LogP contribution in [0.3, 0.4) is 0 Å². The molecule has 1 atom stereocenters. The van der Waals surface area contributed by atoms with Gasteiger partial charge in [-0.15, -0.1) is 10.2 Å². The third-order valence-corrected chi connectivity index (χ3v) is 5.86. The summed E-state index contributed by atoms with van der Waals surface area (Å²) in [4.78, 5) is 13.0. The average molecular weight is 430 g/mol. The highest BCUT2D eigenvalue weighted by atomic mass is 35.5. The number of aryl methyl sites for hydroxylation is 2. The van der Waals surface area contributed by atoms with E-state index < -0.39 is 6.04 Å². The van der Waals surface area contributed by atoms with Gasteiger partial charge in [0.1, 0.15) is 6.04 Å². The number of nitrogens with zero attached hydrogens (tertiary/aromatic N) is 3. The largest absolute Gasteiger partial charge is 0.368 e. The second kappa shape index (κ2) is 9.33. The molecule has 1 aromatic heterocycles. The Morgan fingerprint density at radius 2 is 1.90 bits per heavy atom. The number of nitrogen functional groups attached to an aromatic ring is 1. The van der Waals surface area contributed by atoms with Crippen LogP contribution in [0.2, 0.25) is 5.02 Å². The number of rotatable bonds is 7. The fourth-order valence-corrected chi connectivity index (χ4v) is 4.47. The molecule has 0 saturated heterocycles. The van der Waals surface area contributed by atoms with Crippen molar-refractivity contribution in [3.63, 3.8) is 0 Å². The lowest BCUT2D eigenvalue weighted by Gasteiger charge is -2.19. The quantitative estimate of drug-likeness (QED) is 0.515. The van der Waals surface area contributed by atoms with Crippen LogP contribution in [0.4, 0.5) is 11.6 Å². The molecule has 1 amide bonds. The summed E-state index contributed by atoms with van der Waals surface area (Å²) >= 11 is 7.70. The molecule has 3 N–H and O–H groups in total. The van der Waals surface area contributed by atoms with Gasteiger partial charge < -0.3 is 11.1 Å². The number of carbonyl (C=O) groups excluding carboxylic acids is 1. The zero-order valence-electron chi connectivity index (χ0n) is 16.6. The normalized spacial score (nSPS) is 12.0. The molecule has 0 fully saturated rings. The number of aromatic nitrogens is 3. The number of halogens is 1. The van der Waals surface area contributed by atoms with Crippen molar-refractivity contribution in [2.24, 2.45) is 0 Å². The molecule has 29 heavy (non-hydrogen) atoms. The average Bonchev–Trinajstić information content (AvgIpc) is 3.01. The summed E-state index contributed by atoms with van der Waals surface area (Å²) in [7, 11) is 0. The Hall–Kier alpha value is -2.51. The Morgan fingerprint density at radius 3 is 2.55 bits per heavy atom. The van der Waals surface area contributed by atoms with E-state index in [4.69, 9.17) is 17.3 Å². The zero-order valence-corrected chi connectivity index (χ0v) is 18.2. The van der Waals surface area contributed by atoms with E-state index in [1.54, 1.807) is 4.57 Å². The van der Waals surface area contributed by atoms with Gasteiger partial charge in [-0.05, 0) is 55.2 Å². The first-order valence-corrected chi connectivity index (χ1v) is 10.7. The van der Waals surface area contributed by atoms with Gasteiger partial charge in [-0.1, -0.05) is 54.6 Å². The summed E-state index contributed by atoms with van der Waals surface area (Å²) in [5.41, 5.74) is 10.0. The first-order valence-electron chi connectivity index (χ1n) is 9.34. The number of benzene rings is 2. The predicted octanol–water partition coefficient (Wildman–Crippen LogP) is 5.01. The number of amides is 1. The molecular formula is C21H24ClN5OS. The first-order chi connectivity index (χ1) is 13.9. The van der Waals surface area contributed by atoms with Gasteiger partial charge in [0.25, 0.3) is 0 Å². The minimum Gasteiger partial charge on any atom is -0.368 e. The number of thioether (sulfide) groups is 1. The Labute approximate surface area is 179 Å². The van der Waals surface area contributed by atoms with E-state index in [9.17, 15) is 4.79 Å². The fraction of sp³-hybridized carbons (Fsp3) is 0.286. The van der Waals surface area contributed by atoms with E-state index in [2.05, 4.69) is 21.6 Å². The Kier molecular flexibility index (Phi) is 6.82. The van der Waals surface area contributed by atoms with E-state index in [0.29, 0.717) is 22.4 Å². The summed E-state index contributed by atoms with van der Waals surface area (Å²) in [5.74, 6) is 0.671. The lowest BCUT2D eigenvalue weighted by atomic mass is 10.1. The molecule has 0 aliphatic carbocycles. The minimum absolute atomic E-state index is 0.149. The smallest absolute Gasteiger partial charge is 0.247 e. The second-order valence-corrected chi connectivity index (χ2v) is 8.23. The number of hydrogen-bond acceptors (Lipinski definition) is 5. The van der Waals surface area contributed by atoms with E-state index in [0.717, 1.165) is 22.4 Å². The first kappa shape index (κ1) is 21.2. The minimum atomic E-state index is -0.514. The highest BCUT2D eigenvalue weighted by Crippen LogP contribution is 2.30. The molecule has 3 aromatic rings. The third-order valence-electron chi connectivity index (χ3n) is 4.50. The van der Waals surface area contributed by atoms with Crippen molar-refractivity contribution in [3.8, 4) is 0 Å². The molecule has 1 unspecified atom stereocenters. The van der Waals surface area contributed by atoms with Crippen LogP contribution in [-0.4, -0.2) is 20.7 Å². The van der Waals surface area contributed by atoms with Gasteiger partial charge in [-0.2, -0.15) is 0 Å².